The van der Waals surface area contributed by atoms with E-state index in [-0.39, 0.29) is 11.9 Å². The van der Waals surface area contributed by atoms with E-state index in [0.29, 0.717) is 10.7 Å². The van der Waals surface area contributed by atoms with Crippen LogP contribution in [0.2, 0.25) is 5.02 Å². The molecule has 1 heterocycles. The molecular formula is C16H17ClN2O. The van der Waals surface area contributed by atoms with Crippen molar-refractivity contribution in [2.45, 2.75) is 19.9 Å². The highest BCUT2D eigenvalue weighted by Gasteiger charge is 2.19. The second kappa shape index (κ2) is 6.06. The number of hydrogen-bond acceptors (Lipinski definition) is 2. The smallest absolute Gasteiger partial charge is 0.272 e. The number of halogens is 1. The molecule has 2 aromatic rings. The largest absolute Gasteiger partial charge is 0.334 e. The number of carbonyl (C=O) groups is 1. The Morgan fingerprint density at radius 1 is 1.25 bits per heavy atom. The molecule has 0 saturated carbocycles. The minimum Gasteiger partial charge on any atom is -0.334 e. The van der Waals surface area contributed by atoms with Gasteiger partial charge >= 0.3 is 0 Å². The molecule has 1 aromatic heterocycles. The molecule has 20 heavy (non-hydrogen) atoms. The Kier molecular flexibility index (Phi) is 4.40. The van der Waals surface area contributed by atoms with Crippen LogP contribution >= 0.6 is 11.6 Å². The number of hydrogen-bond donors (Lipinski definition) is 0. The van der Waals surface area contributed by atoms with Gasteiger partial charge in [0.2, 0.25) is 0 Å². The van der Waals surface area contributed by atoms with E-state index < -0.39 is 0 Å². The van der Waals surface area contributed by atoms with E-state index in [4.69, 9.17) is 11.6 Å². The molecule has 2 rings (SSSR count). The Balaban J connectivity index is 2.20. The number of amides is 1. The quantitative estimate of drug-likeness (QED) is 0.859. The van der Waals surface area contributed by atoms with Gasteiger partial charge in [0.15, 0.2) is 0 Å². The number of aryl methyl sites for hydroxylation is 1. The summed E-state index contributed by atoms with van der Waals surface area (Å²) < 4.78 is 0. The van der Waals surface area contributed by atoms with E-state index in [0.717, 1.165) is 5.56 Å². The van der Waals surface area contributed by atoms with Gasteiger partial charge in [-0.2, -0.15) is 0 Å². The van der Waals surface area contributed by atoms with E-state index in [2.05, 4.69) is 4.98 Å². The van der Waals surface area contributed by atoms with Crippen molar-refractivity contribution < 1.29 is 4.79 Å². The predicted octanol–water partition coefficient (Wildman–Crippen LogP) is 3.88. The minimum atomic E-state index is -0.138. The highest BCUT2D eigenvalue weighted by atomic mass is 35.5. The van der Waals surface area contributed by atoms with Gasteiger partial charge in [-0.1, -0.05) is 41.4 Å². The highest BCUT2D eigenvalue weighted by molar-refractivity contribution is 6.30. The fourth-order valence-electron chi connectivity index (χ4n) is 1.95. The zero-order chi connectivity index (χ0) is 14.7. The van der Waals surface area contributed by atoms with Crippen molar-refractivity contribution in [3.8, 4) is 0 Å². The average molecular weight is 289 g/mol. The molecule has 0 aliphatic rings. The first-order valence-corrected chi connectivity index (χ1v) is 6.82. The van der Waals surface area contributed by atoms with Crippen LogP contribution < -0.4 is 0 Å². The van der Waals surface area contributed by atoms with Crippen LogP contribution in [0.25, 0.3) is 0 Å². The Labute approximate surface area is 124 Å². The lowest BCUT2D eigenvalue weighted by Gasteiger charge is -2.25. The summed E-state index contributed by atoms with van der Waals surface area (Å²) in [4.78, 5) is 18.1. The molecule has 0 aliphatic heterocycles. The van der Waals surface area contributed by atoms with E-state index >= 15 is 0 Å². The number of rotatable bonds is 3. The number of pyridine rings is 1. The van der Waals surface area contributed by atoms with Crippen LogP contribution in [0.4, 0.5) is 0 Å². The number of carbonyl (C=O) groups excluding carboxylic acids is 1. The molecule has 1 unspecified atom stereocenters. The van der Waals surface area contributed by atoms with Gasteiger partial charge in [-0.05, 0) is 31.5 Å². The lowest BCUT2D eigenvalue weighted by molar-refractivity contribution is 0.0736. The van der Waals surface area contributed by atoms with Crippen molar-refractivity contribution in [2.24, 2.45) is 0 Å². The van der Waals surface area contributed by atoms with E-state index in [1.807, 2.05) is 38.1 Å². The number of benzene rings is 1. The van der Waals surface area contributed by atoms with Crippen molar-refractivity contribution in [3.63, 3.8) is 0 Å². The zero-order valence-electron chi connectivity index (χ0n) is 11.8. The van der Waals surface area contributed by atoms with E-state index in [1.54, 1.807) is 30.3 Å². The predicted molar refractivity (Wildman–Crippen MR) is 80.9 cm³/mol. The van der Waals surface area contributed by atoms with Crippen molar-refractivity contribution >= 4 is 17.5 Å². The maximum atomic E-state index is 12.4. The SMILES string of the molecule is Cc1ccc(C(C)N(C)C(=O)c2cc(Cl)ccn2)cc1. The Morgan fingerprint density at radius 3 is 2.50 bits per heavy atom. The topological polar surface area (TPSA) is 33.2 Å². The molecule has 3 nitrogen and oxygen atoms in total. The third kappa shape index (κ3) is 3.17. The summed E-state index contributed by atoms with van der Waals surface area (Å²) in [6, 6.07) is 11.4. The molecule has 0 radical (unpaired) electrons. The summed E-state index contributed by atoms with van der Waals surface area (Å²) in [7, 11) is 1.77. The summed E-state index contributed by atoms with van der Waals surface area (Å²) in [5.74, 6) is -0.138. The standard InChI is InChI=1S/C16H17ClN2O/c1-11-4-6-13(7-5-11)12(2)19(3)16(20)15-10-14(17)8-9-18-15/h4-10,12H,1-3H3. The van der Waals surface area contributed by atoms with Crippen molar-refractivity contribution in [1.29, 1.82) is 0 Å². The maximum absolute atomic E-state index is 12.4. The molecular weight excluding hydrogens is 272 g/mol. The fraction of sp³-hybridized carbons (Fsp3) is 0.250. The Morgan fingerprint density at radius 2 is 1.90 bits per heavy atom. The number of nitrogens with zero attached hydrogens (tertiary/aromatic N) is 2. The summed E-state index contributed by atoms with van der Waals surface area (Å²) >= 11 is 5.90. The summed E-state index contributed by atoms with van der Waals surface area (Å²) in [6.45, 7) is 4.03. The van der Waals surface area contributed by atoms with Crippen molar-refractivity contribution in [3.05, 3.63) is 64.4 Å². The second-order valence-corrected chi connectivity index (χ2v) is 5.30. The molecule has 1 aromatic carbocycles. The summed E-state index contributed by atoms with van der Waals surface area (Å²) in [5, 5.41) is 0.514. The molecule has 104 valence electrons. The van der Waals surface area contributed by atoms with Crippen molar-refractivity contribution in [2.75, 3.05) is 7.05 Å². The molecule has 1 atom stereocenters. The van der Waals surface area contributed by atoms with Crippen molar-refractivity contribution in [1.82, 2.24) is 9.88 Å². The molecule has 0 saturated heterocycles. The zero-order valence-corrected chi connectivity index (χ0v) is 12.6. The van der Waals surface area contributed by atoms with Crippen LogP contribution in [0.3, 0.4) is 0 Å². The van der Waals surface area contributed by atoms with Gasteiger partial charge in [-0.25, -0.2) is 0 Å². The highest BCUT2D eigenvalue weighted by Crippen LogP contribution is 2.21. The monoisotopic (exact) mass is 288 g/mol. The third-order valence-corrected chi connectivity index (χ3v) is 3.64. The van der Waals surface area contributed by atoms with Crippen LogP contribution in [-0.4, -0.2) is 22.8 Å². The summed E-state index contributed by atoms with van der Waals surface area (Å²) in [5.41, 5.74) is 2.65. The van der Waals surface area contributed by atoms with Crippen LogP contribution in [0.1, 0.15) is 34.6 Å². The van der Waals surface area contributed by atoms with Gasteiger partial charge in [0, 0.05) is 18.3 Å². The molecule has 0 spiro atoms. The molecule has 4 heteroatoms. The third-order valence-electron chi connectivity index (χ3n) is 3.40. The molecule has 0 bridgehead atoms. The molecule has 1 amide bonds. The fourth-order valence-corrected chi connectivity index (χ4v) is 2.11. The molecule has 0 fully saturated rings. The van der Waals surface area contributed by atoms with Crippen LogP contribution in [0, 0.1) is 6.92 Å². The first-order chi connectivity index (χ1) is 9.49. The van der Waals surface area contributed by atoms with Gasteiger partial charge < -0.3 is 4.90 Å². The van der Waals surface area contributed by atoms with Crippen LogP contribution in [-0.2, 0) is 0 Å². The van der Waals surface area contributed by atoms with E-state index in [1.165, 1.54) is 5.56 Å². The summed E-state index contributed by atoms with van der Waals surface area (Å²) in [6.07, 6.45) is 1.54. The van der Waals surface area contributed by atoms with Gasteiger partial charge in [0.25, 0.3) is 5.91 Å². The first-order valence-electron chi connectivity index (χ1n) is 6.44. The second-order valence-electron chi connectivity index (χ2n) is 4.86. The maximum Gasteiger partial charge on any atom is 0.272 e. The lowest BCUT2D eigenvalue weighted by atomic mass is 10.1. The van der Waals surface area contributed by atoms with Gasteiger partial charge in [0.1, 0.15) is 5.69 Å². The molecule has 0 aliphatic carbocycles. The molecule has 0 N–H and O–H groups in total. The van der Waals surface area contributed by atoms with Crippen LogP contribution in [0.5, 0.6) is 0 Å². The number of aromatic nitrogens is 1. The normalized spacial score (nSPS) is 12.0. The van der Waals surface area contributed by atoms with Gasteiger partial charge in [-0.3, -0.25) is 9.78 Å². The van der Waals surface area contributed by atoms with Gasteiger partial charge in [0.05, 0.1) is 6.04 Å². The Bertz CT molecular complexity index is 610. The van der Waals surface area contributed by atoms with E-state index in [9.17, 15) is 4.79 Å². The lowest BCUT2D eigenvalue weighted by Crippen LogP contribution is -2.30. The Hall–Kier alpha value is -1.87. The van der Waals surface area contributed by atoms with Gasteiger partial charge in [-0.15, -0.1) is 0 Å². The average Bonchev–Trinajstić information content (AvgIpc) is 2.46. The minimum absolute atomic E-state index is 0.0242. The first kappa shape index (κ1) is 14.5. The van der Waals surface area contributed by atoms with Crippen LogP contribution in [0.15, 0.2) is 42.6 Å².